The minimum atomic E-state index is -0.353. The molecule has 0 saturated heterocycles. The Bertz CT molecular complexity index is 608. The first-order valence-corrected chi connectivity index (χ1v) is 7.62. The molecule has 2 rings (SSSR count). The number of ether oxygens (including phenoxy) is 1. The minimum Gasteiger partial charge on any atom is -0.494 e. The van der Waals surface area contributed by atoms with Crippen molar-refractivity contribution in [2.45, 2.75) is 13.5 Å². The summed E-state index contributed by atoms with van der Waals surface area (Å²) in [5.41, 5.74) is 2.96. The van der Waals surface area contributed by atoms with Crippen LogP contribution in [0.5, 0.6) is 5.75 Å². The number of hydrogen-bond acceptors (Lipinski definition) is 2. The molecule has 0 spiro atoms. The lowest BCUT2D eigenvalue weighted by Gasteiger charge is -2.12. The van der Waals surface area contributed by atoms with Gasteiger partial charge >= 0.3 is 0 Å². The number of benzene rings is 2. The molecule has 0 atom stereocenters. The maximum atomic E-state index is 13.6. The lowest BCUT2D eigenvalue weighted by molar-refractivity contribution is 0.386. The van der Waals surface area contributed by atoms with Gasteiger partial charge in [-0.2, -0.15) is 0 Å². The SMILES string of the molecule is COc1ccc(CNc2c(Br)cc(C)cc2Br)cc1F. The van der Waals surface area contributed by atoms with Crippen LogP contribution in [0.15, 0.2) is 39.3 Å². The van der Waals surface area contributed by atoms with E-state index in [4.69, 9.17) is 4.74 Å². The van der Waals surface area contributed by atoms with E-state index in [1.807, 2.05) is 25.1 Å². The summed E-state index contributed by atoms with van der Waals surface area (Å²) >= 11 is 7.04. The minimum absolute atomic E-state index is 0.256. The number of anilines is 1. The third kappa shape index (κ3) is 3.52. The fraction of sp³-hybridized carbons (Fsp3) is 0.200. The fourth-order valence-electron chi connectivity index (χ4n) is 1.88. The molecule has 0 bridgehead atoms. The van der Waals surface area contributed by atoms with E-state index in [9.17, 15) is 4.39 Å². The van der Waals surface area contributed by atoms with E-state index < -0.39 is 0 Å². The summed E-state index contributed by atoms with van der Waals surface area (Å²) < 4.78 is 20.5. The first-order chi connectivity index (χ1) is 9.51. The molecular formula is C15H14Br2FNO. The van der Waals surface area contributed by atoms with Crippen molar-refractivity contribution in [2.24, 2.45) is 0 Å². The monoisotopic (exact) mass is 401 g/mol. The Morgan fingerprint density at radius 3 is 2.35 bits per heavy atom. The van der Waals surface area contributed by atoms with Gasteiger partial charge in [-0.3, -0.25) is 0 Å². The molecule has 0 aliphatic heterocycles. The lowest BCUT2D eigenvalue weighted by atomic mass is 10.2. The molecule has 0 unspecified atom stereocenters. The summed E-state index contributed by atoms with van der Waals surface area (Å²) in [5.74, 6) is -0.0970. The summed E-state index contributed by atoms with van der Waals surface area (Å²) in [4.78, 5) is 0. The normalized spacial score (nSPS) is 10.4. The second kappa shape index (κ2) is 6.59. The zero-order valence-corrected chi connectivity index (χ0v) is 14.3. The Morgan fingerprint density at radius 1 is 1.15 bits per heavy atom. The molecule has 0 heterocycles. The molecule has 20 heavy (non-hydrogen) atoms. The second-order valence-corrected chi connectivity index (χ2v) is 6.13. The smallest absolute Gasteiger partial charge is 0.165 e. The molecule has 0 aliphatic rings. The van der Waals surface area contributed by atoms with Crippen molar-refractivity contribution >= 4 is 37.5 Å². The van der Waals surface area contributed by atoms with Crippen LogP contribution < -0.4 is 10.1 Å². The Labute approximate surface area is 134 Å². The van der Waals surface area contributed by atoms with Gasteiger partial charge in [-0.1, -0.05) is 6.07 Å². The standard InChI is InChI=1S/C15H14Br2FNO/c1-9-5-11(16)15(12(17)6-9)19-8-10-3-4-14(20-2)13(18)7-10/h3-7,19H,8H2,1-2H3. The average Bonchev–Trinajstić information content (AvgIpc) is 2.37. The van der Waals surface area contributed by atoms with E-state index in [1.165, 1.54) is 13.2 Å². The van der Waals surface area contributed by atoms with Crippen LogP contribution in [-0.2, 0) is 6.54 Å². The largest absolute Gasteiger partial charge is 0.494 e. The summed E-state index contributed by atoms with van der Waals surface area (Å²) in [6.45, 7) is 2.55. The Morgan fingerprint density at radius 2 is 1.80 bits per heavy atom. The highest BCUT2D eigenvalue weighted by Gasteiger charge is 2.07. The molecule has 0 amide bonds. The molecular weight excluding hydrogens is 389 g/mol. The van der Waals surface area contributed by atoms with Crippen molar-refractivity contribution < 1.29 is 9.13 Å². The van der Waals surface area contributed by atoms with Crippen LogP contribution in [0.3, 0.4) is 0 Å². The molecule has 0 radical (unpaired) electrons. The summed E-state index contributed by atoms with van der Waals surface area (Å²) in [5, 5.41) is 3.29. The van der Waals surface area contributed by atoms with E-state index in [2.05, 4.69) is 37.2 Å². The lowest BCUT2D eigenvalue weighted by Crippen LogP contribution is -2.02. The number of nitrogens with one attached hydrogen (secondary N) is 1. The first-order valence-electron chi connectivity index (χ1n) is 6.03. The molecule has 5 heteroatoms. The van der Waals surface area contributed by atoms with Crippen molar-refractivity contribution in [3.8, 4) is 5.75 Å². The van der Waals surface area contributed by atoms with E-state index in [1.54, 1.807) is 6.07 Å². The van der Waals surface area contributed by atoms with Gasteiger partial charge in [0.1, 0.15) is 0 Å². The van der Waals surface area contributed by atoms with Gasteiger partial charge in [0.15, 0.2) is 11.6 Å². The Kier molecular flexibility index (Phi) is 5.05. The van der Waals surface area contributed by atoms with Gasteiger partial charge in [0, 0.05) is 15.5 Å². The van der Waals surface area contributed by atoms with Crippen molar-refractivity contribution in [3.05, 3.63) is 56.2 Å². The third-order valence-corrected chi connectivity index (χ3v) is 4.12. The molecule has 106 valence electrons. The topological polar surface area (TPSA) is 21.3 Å². The maximum Gasteiger partial charge on any atom is 0.165 e. The van der Waals surface area contributed by atoms with Gasteiger partial charge in [-0.15, -0.1) is 0 Å². The summed E-state index contributed by atoms with van der Waals surface area (Å²) in [6, 6.07) is 9.00. The Balaban J connectivity index is 2.15. The molecule has 0 saturated carbocycles. The van der Waals surface area contributed by atoms with E-state index in [0.29, 0.717) is 6.54 Å². The molecule has 2 aromatic carbocycles. The highest BCUT2D eigenvalue weighted by Crippen LogP contribution is 2.32. The van der Waals surface area contributed by atoms with Crippen LogP contribution in [0, 0.1) is 12.7 Å². The van der Waals surface area contributed by atoms with Crippen LogP contribution in [0.2, 0.25) is 0 Å². The third-order valence-electron chi connectivity index (χ3n) is 2.87. The average molecular weight is 403 g/mol. The van der Waals surface area contributed by atoms with Crippen LogP contribution in [0.1, 0.15) is 11.1 Å². The van der Waals surface area contributed by atoms with Crippen LogP contribution in [0.25, 0.3) is 0 Å². The molecule has 0 aromatic heterocycles. The molecule has 2 aromatic rings. The fourth-order valence-corrected chi connectivity index (χ4v) is 3.57. The van der Waals surface area contributed by atoms with Gasteiger partial charge in [-0.25, -0.2) is 4.39 Å². The van der Waals surface area contributed by atoms with Gasteiger partial charge in [-0.05, 0) is 74.2 Å². The summed E-state index contributed by atoms with van der Waals surface area (Å²) in [6.07, 6.45) is 0. The first kappa shape index (κ1) is 15.3. The number of hydrogen-bond donors (Lipinski definition) is 1. The second-order valence-electron chi connectivity index (χ2n) is 4.43. The van der Waals surface area contributed by atoms with Gasteiger partial charge in [0.05, 0.1) is 12.8 Å². The molecule has 0 fully saturated rings. The van der Waals surface area contributed by atoms with Gasteiger partial charge in [0.25, 0.3) is 0 Å². The van der Waals surface area contributed by atoms with Crippen molar-refractivity contribution in [1.82, 2.24) is 0 Å². The van der Waals surface area contributed by atoms with E-state index in [-0.39, 0.29) is 11.6 Å². The van der Waals surface area contributed by atoms with E-state index >= 15 is 0 Å². The molecule has 1 N–H and O–H groups in total. The van der Waals surface area contributed by atoms with E-state index in [0.717, 1.165) is 25.8 Å². The van der Waals surface area contributed by atoms with Crippen molar-refractivity contribution in [1.29, 1.82) is 0 Å². The van der Waals surface area contributed by atoms with Crippen molar-refractivity contribution in [3.63, 3.8) is 0 Å². The van der Waals surface area contributed by atoms with Crippen molar-refractivity contribution in [2.75, 3.05) is 12.4 Å². The number of rotatable bonds is 4. The summed E-state index contributed by atoms with van der Waals surface area (Å²) in [7, 11) is 1.46. The quantitative estimate of drug-likeness (QED) is 0.751. The van der Waals surface area contributed by atoms with Crippen LogP contribution in [-0.4, -0.2) is 7.11 Å². The van der Waals surface area contributed by atoms with Gasteiger partial charge in [0.2, 0.25) is 0 Å². The van der Waals surface area contributed by atoms with Crippen LogP contribution in [0.4, 0.5) is 10.1 Å². The Hall–Kier alpha value is -1.07. The molecule has 0 aliphatic carbocycles. The highest BCUT2D eigenvalue weighted by atomic mass is 79.9. The zero-order valence-electron chi connectivity index (χ0n) is 11.1. The number of halogens is 3. The molecule has 2 nitrogen and oxygen atoms in total. The number of methoxy groups -OCH3 is 1. The number of aryl methyl sites for hydroxylation is 1. The van der Waals surface area contributed by atoms with Crippen LogP contribution >= 0.6 is 31.9 Å². The predicted octanol–water partition coefficient (Wildman–Crippen LogP) is 5.28. The highest BCUT2D eigenvalue weighted by molar-refractivity contribution is 9.11. The maximum absolute atomic E-state index is 13.6. The zero-order chi connectivity index (χ0) is 14.7. The predicted molar refractivity (Wildman–Crippen MR) is 86.9 cm³/mol. The van der Waals surface area contributed by atoms with Gasteiger partial charge < -0.3 is 10.1 Å².